The van der Waals surface area contributed by atoms with E-state index in [1.54, 1.807) is 59.9 Å². The van der Waals surface area contributed by atoms with Gasteiger partial charge in [-0.25, -0.2) is 0 Å². The molecule has 0 aliphatic rings. The number of anilines is 2. The van der Waals surface area contributed by atoms with Gasteiger partial charge in [0.15, 0.2) is 11.0 Å². The number of carbonyl (C=O) groups is 2. The number of aromatic nitrogens is 3. The van der Waals surface area contributed by atoms with Crippen molar-refractivity contribution < 1.29 is 9.59 Å². The third-order valence-corrected chi connectivity index (χ3v) is 6.54. The van der Waals surface area contributed by atoms with Crippen molar-refractivity contribution in [1.29, 1.82) is 0 Å². The molecule has 2 heterocycles. The van der Waals surface area contributed by atoms with E-state index in [0.29, 0.717) is 27.1 Å². The highest BCUT2D eigenvalue weighted by Gasteiger charge is 2.14. The summed E-state index contributed by atoms with van der Waals surface area (Å²) >= 11 is 8.84. The summed E-state index contributed by atoms with van der Waals surface area (Å²) in [5, 5.41) is 17.2. The zero-order valence-electron chi connectivity index (χ0n) is 16.9. The summed E-state index contributed by atoms with van der Waals surface area (Å²) < 4.78 is 1.88. The number of benzene rings is 2. The van der Waals surface area contributed by atoms with Crippen LogP contribution in [0.5, 0.6) is 0 Å². The first-order valence-electron chi connectivity index (χ1n) is 9.52. The predicted molar refractivity (Wildman–Crippen MR) is 130 cm³/mol. The van der Waals surface area contributed by atoms with Gasteiger partial charge in [-0.1, -0.05) is 35.5 Å². The van der Waals surface area contributed by atoms with Gasteiger partial charge in [-0.15, -0.1) is 21.5 Å². The van der Waals surface area contributed by atoms with Crippen molar-refractivity contribution in [3.05, 3.63) is 76.6 Å². The number of carbonyl (C=O) groups excluding carboxylic acids is 2. The number of thioether (sulfide) groups is 1. The first kappa shape index (κ1) is 22.1. The van der Waals surface area contributed by atoms with Gasteiger partial charge < -0.3 is 15.2 Å². The molecule has 0 atom stereocenters. The van der Waals surface area contributed by atoms with E-state index < -0.39 is 0 Å². The fourth-order valence-electron chi connectivity index (χ4n) is 2.86. The van der Waals surface area contributed by atoms with Crippen LogP contribution in [0.15, 0.2) is 71.2 Å². The highest BCUT2D eigenvalue weighted by Crippen LogP contribution is 2.26. The minimum atomic E-state index is -0.258. The van der Waals surface area contributed by atoms with Crippen LogP contribution in [0.25, 0.3) is 10.7 Å². The Bertz CT molecular complexity index is 1240. The van der Waals surface area contributed by atoms with Crippen LogP contribution in [0.1, 0.15) is 10.4 Å². The third-order valence-electron chi connectivity index (χ3n) is 4.42. The van der Waals surface area contributed by atoms with Gasteiger partial charge in [0, 0.05) is 29.0 Å². The Kier molecular flexibility index (Phi) is 6.89. The third kappa shape index (κ3) is 5.37. The summed E-state index contributed by atoms with van der Waals surface area (Å²) in [6, 6.07) is 17.6. The molecule has 162 valence electrons. The lowest BCUT2D eigenvalue weighted by atomic mass is 10.2. The average Bonchev–Trinajstić information content (AvgIpc) is 3.43. The Balaban J connectivity index is 1.30. The van der Waals surface area contributed by atoms with E-state index in [1.165, 1.54) is 11.8 Å². The summed E-state index contributed by atoms with van der Waals surface area (Å²) in [4.78, 5) is 25.7. The summed E-state index contributed by atoms with van der Waals surface area (Å²) in [5.41, 5.74) is 1.72. The topological polar surface area (TPSA) is 88.9 Å². The van der Waals surface area contributed by atoms with Crippen molar-refractivity contribution in [2.75, 3.05) is 16.4 Å². The maximum atomic E-state index is 12.3. The second-order valence-electron chi connectivity index (χ2n) is 6.72. The van der Waals surface area contributed by atoms with Crippen LogP contribution >= 0.6 is 34.7 Å². The number of thiophene rings is 1. The Morgan fingerprint density at radius 3 is 2.47 bits per heavy atom. The molecule has 0 unspecified atom stereocenters. The van der Waals surface area contributed by atoms with Gasteiger partial charge in [-0.3, -0.25) is 9.59 Å². The Morgan fingerprint density at radius 2 is 1.78 bits per heavy atom. The summed E-state index contributed by atoms with van der Waals surface area (Å²) in [7, 11) is 1.88. The molecule has 0 fully saturated rings. The number of hydrogen-bond acceptors (Lipinski definition) is 6. The second kappa shape index (κ2) is 9.99. The molecule has 2 N–H and O–H groups in total. The zero-order valence-corrected chi connectivity index (χ0v) is 19.3. The van der Waals surface area contributed by atoms with E-state index in [4.69, 9.17) is 11.6 Å². The first-order valence-corrected chi connectivity index (χ1v) is 11.8. The molecular weight excluding hydrogens is 466 g/mol. The molecule has 0 aliphatic heterocycles. The largest absolute Gasteiger partial charge is 0.325 e. The standard InChI is InChI=1S/C22H18ClN5O2S2/c1-28-20(18-6-3-11-31-18)26-27-22(28)32-13-19(29)24-16-7-9-17(10-8-16)25-21(30)14-4-2-5-15(23)12-14/h2-12H,13H2,1H3,(H,24,29)(H,25,30). The van der Waals surface area contributed by atoms with Crippen molar-refractivity contribution in [3.63, 3.8) is 0 Å². The maximum Gasteiger partial charge on any atom is 0.255 e. The lowest BCUT2D eigenvalue weighted by molar-refractivity contribution is -0.113. The van der Waals surface area contributed by atoms with Gasteiger partial charge in [-0.2, -0.15) is 0 Å². The number of nitrogens with zero attached hydrogens (tertiary/aromatic N) is 3. The molecule has 32 heavy (non-hydrogen) atoms. The van der Waals surface area contributed by atoms with Gasteiger partial charge in [0.1, 0.15) is 0 Å². The van der Waals surface area contributed by atoms with E-state index in [-0.39, 0.29) is 17.6 Å². The van der Waals surface area contributed by atoms with Gasteiger partial charge in [0.05, 0.1) is 10.6 Å². The molecule has 2 aromatic heterocycles. The van der Waals surface area contributed by atoms with Crippen molar-refractivity contribution in [1.82, 2.24) is 14.8 Å². The van der Waals surface area contributed by atoms with Crippen LogP contribution in [-0.4, -0.2) is 32.3 Å². The highest BCUT2D eigenvalue weighted by molar-refractivity contribution is 7.99. The molecule has 10 heteroatoms. The van der Waals surface area contributed by atoms with Gasteiger partial charge >= 0.3 is 0 Å². The van der Waals surface area contributed by atoms with Crippen LogP contribution in [0.2, 0.25) is 5.02 Å². The molecule has 4 aromatic rings. The van der Waals surface area contributed by atoms with Crippen molar-refractivity contribution in [2.45, 2.75) is 5.16 Å². The first-order chi connectivity index (χ1) is 15.5. The molecule has 0 saturated heterocycles. The molecular formula is C22H18ClN5O2S2. The van der Waals surface area contributed by atoms with Gasteiger partial charge in [0.2, 0.25) is 5.91 Å². The van der Waals surface area contributed by atoms with E-state index in [9.17, 15) is 9.59 Å². The number of hydrogen-bond donors (Lipinski definition) is 2. The molecule has 0 saturated carbocycles. The van der Waals surface area contributed by atoms with Gasteiger partial charge in [-0.05, 0) is 53.9 Å². The smallest absolute Gasteiger partial charge is 0.255 e. The molecule has 4 rings (SSSR count). The fourth-order valence-corrected chi connectivity index (χ4v) is 4.50. The van der Waals surface area contributed by atoms with E-state index in [2.05, 4.69) is 20.8 Å². The number of nitrogens with one attached hydrogen (secondary N) is 2. The Hall–Kier alpha value is -3.14. The predicted octanol–water partition coefficient (Wildman–Crippen LogP) is 5.18. The SMILES string of the molecule is Cn1c(SCC(=O)Nc2ccc(NC(=O)c3cccc(Cl)c3)cc2)nnc1-c1cccs1. The molecule has 0 radical (unpaired) electrons. The van der Waals surface area contributed by atoms with E-state index in [1.807, 2.05) is 29.1 Å². The minimum Gasteiger partial charge on any atom is -0.325 e. The normalized spacial score (nSPS) is 10.7. The summed E-state index contributed by atoms with van der Waals surface area (Å²) in [6.07, 6.45) is 0. The van der Waals surface area contributed by atoms with Gasteiger partial charge in [0.25, 0.3) is 5.91 Å². The van der Waals surface area contributed by atoms with E-state index >= 15 is 0 Å². The number of rotatable bonds is 7. The molecule has 2 amide bonds. The quantitative estimate of drug-likeness (QED) is 0.353. The summed E-state index contributed by atoms with van der Waals surface area (Å²) in [6.45, 7) is 0. The van der Waals surface area contributed by atoms with Crippen LogP contribution in [0.3, 0.4) is 0 Å². The summed E-state index contributed by atoms with van der Waals surface area (Å²) in [5.74, 6) is 0.555. The van der Waals surface area contributed by atoms with Crippen LogP contribution in [0.4, 0.5) is 11.4 Å². The molecule has 2 aromatic carbocycles. The molecule has 0 aliphatic carbocycles. The number of amides is 2. The fraction of sp³-hybridized carbons (Fsp3) is 0.0909. The molecule has 7 nitrogen and oxygen atoms in total. The second-order valence-corrected chi connectivity index (χ2v) is 9.05. The van der Waals surface area contributed by atoms with Crippen molar-refractivity contribution in [3.8, 4) is 10.7 Å². The number of halogens is 1. The van der Waals surface area contributed by atoms with Crippen LogP contribution in [-0.2, 0) is 11.8 Å². The van der Waals surface area contributed by atoms with Crippen LogP contribution < -0.4 is 10.6 Å². The zero-order chi connectivity index (χ0) is 22.5. The average molecular weight is 484 g/mol. The monoisotopic (exact) mass is 483 g/mol. The van der Waals surface area contributed by atoms with E-state index in [0.717, 1.165) is 10.7 Å². The lowest BCUT2D eigenvalue weighted by Crippen LogP contribution is -2.15. The van der Waals surface area contributed by atoms with Crippen LogP contribution in [0, 0.1) is 0 Å². The minimum absolute atomic E-state index is 0.161. The lowest BCUT2D eigenvalue weighted by Gasteiger charge is -2.08. The van der Waals surface area contributed by atoms with Crippen molar-refractivity contribution in [2.24, 2.45) is 7.05 Å². The Morgan fingerprint density at radius 1 is 1.03 bits per heavy atom. The maximum absolute atomic E-state index is 12.3. The molecule has 0 bridgehead atoms. The molecule has 0 spiro atoms. The van der Waals surface area contributed by atoms with Crippen molar-refractivity contribution >= 4 is 57.9 Å². The Labute approximate surface area is 197 Å². The highest BCUT2D eigenvalue weighted by atomic mass is 35.5.